The molecule has 2 bridgehead atoms. The molecule has 134 valence electrons. The third-order valence-electron chi connectivity index (χ3n) is 6.05. The van der Waals surface area contributed by atoms with Crippen molar-refractivity contribution in [3.05, 3.63) is 11.9 Å². The fraction of sp³-hybridized carbons (Fsp3) is 0.875. The van der Waals surface area contributed by atoms with Crippen LogP contribution >= 0.6 is 0 Å². The van der Waals surface area contributed by atoms with E-state index in [0.29, 0.717) is 24.9 Å². The molecule has 8 heteroatoms. The second-order valence-corrected chi connectivity index (χ2v) is 10.3. The average Bonchev–Trinajstić information content (AvgIpc) is 3.07. The van der Waals surface area contributed by atoms with Gasteiger partial charge >= 0.3 is 0 Å². The molecule has 4 heterocycles. The van der Waals surface area contributed by atoms with Gasteiger partial charge in [0, 0.05) is 25.2 Å². The van der Waals surface area contributed by atoms with Gasteiger partial charge < -0.3 is 4.74 Å². The largest absolute Gasteiger partial charge is 0.367 e. The molecule has 5 rings (SSSR count). The van der Waals surface area contributed by atoms with Crippen molar-refractivity contribution in [1.29, 1.82) is 0 Å². The minimum Gasteiger partial charge on any atom is -0.367 e. The first-order valence-corrected chi connectivity index (χ1v) is 10.6. The lowest BCUT2D eigenvalue weighted by molar-refractivity contribution is -0.0675. The van der Waals surface area contributed by atoms with E-state index in [-0.39, 0.29) is 11.2 Å². The van der Waals surface area contributed by atoms with Gasteiger partial charge in [0.2, 0.25) is 10.0 Å². The molecular formula is C16H26N4O3S. The maximum Gasteiger partial charge on any atom is 0.211 e. The van der Waals surface area contributed by atoms with Crippen molar-refractivity contribution in [3.63, 3.8) is 0 Å². The smallest absolute Gasteiger partial charge is 0.211 e. The summed E-state index contributed by atoms with van der Waals surface area (Å²) in [6.07, 6.45) is 7.14. The van der Waals surface area contributed by atoms with Crippen LogP contribution in [0.5, 0.6) is 0 Å². The number of rotatable bonds is 4. The second kappa shape index (κ2) is 5.25. The van der Waals surface area contributed by atoms with Gasteiger partial charge in [0.25, 0.3) is 0 Å². The van der Waals surface area contributed by atoms with Crippen molar-refractivity contribution < 1.29 is 13.2 Å². The minimum absolute atomic E-state index is 0.0120. The molecule has 1 aromatic heterocycles. The molecule has 24 heavy (non-hydrogen) atoms. The Morgan fingerprint density at radius 1 is 1.29 bits per heavy atom. The molecule has 3 saturated heterocycles. The number of aromatic nitrogens is 3. The Morgan fingerprint density at radius 3 is 2.50 bits per heavy atom. The fourth-order valence-electron chi connectivity index (χ4n) is 4.57. The standard InChI is InChI=1S/C16H26N4O3S/c1-15(2)13-8-16(9-13,23-15)11-19-10-14(17-18-19)12-4-6-20(7-5-12)24(3,21)22/h10,12-13H,4-9,11H2,1-3H3. The van der Waals surface area contributed by atoms with Crippen LogP contribution in [0.4, 0.5) is 0 Å². The Hall–Kier alpha value is -0.990. The summed E-state index contributed by atoms with van der Waals surface area (Å²) in [5, 5.41) is 8.64. The first kappa shape index (κ1) is 16.5. The first-order valence-electron chi connectivity index (χ1n) is 8.72. The van der Waals surface area contributed by atoms with Crippen LogP contribution in [-0.2, 0) is 21.3 Å². The molecule has 1 saturated carbocycles. The van der Waals surface area contributed by atoms with Crippen molar-refractivity contribution >= 4 is 10.0 Å². The van der Waals surface area contributed by atoms with Crippen LogP contribution in [0.1, 0.15) is 51.1 Å². The van der Waals surface area contributed by atoms with Crippen molar-refractivity contribution in [1.82, 2.24) is 19.3 Å². The van der Waals surface area contributed by atoms with E-state index in [1.54, 1.807) is 4.31 Å². The van der Waals surface area contributed by atoms with Crippen LogP contribution in [0, 0.1) is 5.92 Å². The number of nitrogens with zero attached hydrogens (tertiary/aromatic N) is 4. The maximum absolute atomic E-state index is 11.6. The second-order valence-electron chi connectivity index (χ2n) is 8.27. The van der Waals surface area contributed by atoms with Crippen molar-refractivity contribution in [2.24, 2.45) is 5.92 Å². The summed E-state index contributed by atoms with van der Waals surface area (Å²) >= 11 is 0. The summed E-state index contributed by atoms with van der Waals surface area (Å²) in [6.45, 7) is 6.25. The molecule has 0 aromatic carbocycles. The van der Waals surface area contributed by atoms with Gasteiger partial charge in [-0.3, -0.25) is 0 Å². The molecule has 1 aliphatic carbocycles. The van der Waals surface area contributed by atoms with E-state index in [0.717, 1.165) is 37.9 Å². The Labute approximate surface area is 143 Å². The number of sulfonamides is 1. The van der Waals surface area contributed by atoms with E-state index >= 15 is 0 Å². The monoisotopic (exact) mass is 354 g/mol. The van der Waals surface area contributed by atoms with Gasteiger partial charge in [0.05, 0.1) is 29.7 Å². The molecule has 3 aliphatic heterocycles. The summed E-state index contributed by atoms with van der Waals surface area (Å²) in [5.41, 5.74) is 0.911. The van der Waals surface area contributed by atoms with E-state index in [2.05, 4.69) is 24.2 Å². The highest BCUT2D eigenvalue weighted by atomic mass is 32.2. The molecule has 4 aliphatic rings. The number of hydrogen-bond donors (Lipinski definition) is 0. The van der Waals surface area contributed by atoms with Crippen molar-refractivity contribution in [2.75, 3.05) is 19.3 Å². The van der Waals surface area contributed by atoms with Crippen LogP contribution in [0.25, 0.3) is 0 Å². The van der Waals surface area contributed by atoms with E-state index in [1.807, 2.05) is 10.9 Å². The highest BCUT2D eigenvalue weighted by Gasteiger charge is 2.61. The van der Waals surface area contributed by atoms with Gasteiger partial charge in [-0.05, 0) is 45.4 Å². The molecule has 0 radical (unpaired) electrons. The minimum atomic E-state index is -3.08. The van der Waals surface area contributed by atoms with Crippen molar-refractivity contribution in [2.45, 2.75) is 63.2 Å². The number of ether oxygens (including phenoxy) is 1. The Morgan fingerprint density at radius 2 is 1.96 bits per heavy atom. The summed E-state index contributed by atoms with van der Waals surface area (Å²) in [6, 6.07) is 0. The molecule has 7 nitrogen and oxygen atoms in total. The summed E-state index contributed by atoms with van der Waals surface area (Å²) in [4.78, 5) is 0. The number of fused-ring (bicyclic) bond motifs is 1. The van der Waals surface area contributed by atoms with Crippen LogP contribution in [0.3, 0.4) is 0 Å². The van der Waals surface area contributed by atoms with E-state index in [9.17, 15) is 8.42 Å². The number of hydrogen-bond acceptors (Lipinski definition) is 5. The van der Waals surface area contributed by atoms with Gasteiger partial charge in [-0.25, -0.2) is 17.4 Å². The zero-order valence-corrected chi connectivity index (χ0v) is 15.4. The van der Waals surface area contributed by atoms with Gasteiger partial charge in [0.1, 0.15) is 0 Å². The predicted octanol–water partition coefficient (Wildman–Crippen LogP) is 1.37. The quantitative estimate of drug-likeness (QED) is 0.816. The van der Waals surface area contributed by atoms with E-state index in [4.69, 9.17) is 4.74 Å². The highest BCUT2D eigenvalue weighted by molar-refractivity contribution is 7.88. The maximum atomic E-state index is 11.6. The molecule has 0 N–H and O–H groups in total. The molecule has 1 aromatic rings. The van der Waals surface area contributed by atoms with E-state index in [1.165, 1.54) is 6.26 Å². The lowest BCUT2D eigenvalue weighted by Gasteiger charge is -2.35. The normalized spacial score (nSPS) is 33.5. The van der Waals surface area contributed by atoms with Gasteiger partial charge in [-0.2, -0.15) is 0 Å². The van der Waals surface area contributed by atoms with Crippen LogP contribution in [-0.4, -0.2) is 58.3 Å². The van der Waals surface area contributed by atoms with Gasteiger partial charge in [-0.1, -0.05) is 5.21 Å². The third-order valence-corrected chi connectivity index (χ3v) is 7.35. The lowest BCUT2D eigenvalue weighted by atomic mass is 9.69. The zero-order valence-electron chi connectivity index (χ0n) is 14.6. The Balaban J connectivity index is 1.38. The SMILES string of the molecule is CC1(C)OC2(Cn3cc(C4CCN(S(C)(=O)=O)CC4)nn3)CC1C2. The first-order chi connectivity index (χ1) is 11.2. The summed E-state index contributed by atoms with van der Waals surface area (Å²) < 4.78 is 32.9. The van der Waals surface area contributed by atoms with Gasteiger partial charge in [-0.15, -0.1) is 5.10 Å². The molecular weight excluding hydrogens is 328 g/mol. The molecule has 0 atom stereocenters. The topological polar surface area (TPSA) is 77.3 Å². The van der Waals surface area contributed by atoms with Crippen LogP contribution < -0.4 is 0 Å². The molecule has 0 spiro atoms. The molecule has 0 amide bonds. The predicted molar refractivity (Wildman–Crippen MR) is 89.0 cm³/mol. The Kier molecular flexibility index (Phi) is 3.61. The van der Waals surface area contributed by atoms with Crippen molar-refractivity contribution in [3.8, 4) is 0 Å². The van der Waals surface area contributed by atoms with Gasteiger partial charge in [0.15, 0.2) is 0 Å². The fourth-order valence-corrected chi connectivity index (χ4v) is 5.45. The summed E-state index contributed by atoms with van der Waals surface area (Å²) in [5.74, 6) is 0.963. The Bertz CT molecular complexity index is 728. The molecule has 4 fully saturated rings. The van der Waals surface area contributed by atoms with E-state index < -0.39 is 10.0 Å². The highest BCUT2D eigenvalue weighted by Crippen LogP contribution is 2.58. The number of piperidine rings is 1. The van der Waals surface area contributed by atoms with Crippen LogP contribution in [0.15, 0.2) is 6.20 Å². The summed E-state index contributed by atoms with van der Waals surface area (Å²) in [7, 11) is -3.08. The zero-order chi connectivity index (χ0) is 17.2. The average molecular weight is 354 g/mol. The van der Waals surface area contributed by atoms with Crippen LogP contribution in [0.2, 0.25) is 0 Å². The third kappa shape index (κ3) is 2.78. The lowest BCUT2D eigenvalue weighted by Crippen LogP contribution is -2.41. The molecule has 0 unspecified atom stereocenters.